The lowest BCUT2D eigenvalue weighted by molar-refractivity contribution is 0.555. The highest BCUT2D eigenvalue weighted by Gasteiger charge is 2.17. The van der Waals surface area contributed by atoms with Gasteiger partial charge in [0, 0.05) is 10.7 Å². The van der Waals surface area contributed by atoms with Crippen molar-refractivity contribution >= 4 is 30.0 Å². The smallest absolute Gasteiger partial charge is 0.211 e. The zero-order valence-electron chi connectivity index (χ0n) is 3.91. The molecule has 0 amide bonds. The van der Waals surface area contributed by atoms with Crippen molar-refractivity contribution in [3.63, 3.8) is 0 Å². The molecule has 0 unspecified atom stereocenters. The van der Waals surface area contributed by atoms with E-state index in [1.54, 1.807) is 0 Å². The molecule has 0 aliphatic heterocycles. The molecule has 0 aliphatic rings. The number of halogens is 2. The van der Waals surface area contributed by atoms with Crippen LogP contribution in [0.2, 0.25) is 0 Å². The lowest BCUT2D eigenvalue weighted by Crippen LogP contribution is -2.05. The van der Waals surface area contributed by atoms with Crippen LogP contribution >= 0.6 is 10.7 Å². The number of hydrogen-bond acceptors (Lipinski definition) is 4. The summed E-state index contributed by atoms with van der Waals surface area (Å²) in [5.41, 5.74) is 0. The van der Waals surface area contributed by atoms with Gasteiger partial charge in [-0.2, -0.15) is 8.42 Å². The molecule has 0 saturated carbocycles. The predicted octanol–water partition coefficient (Wildman–Crippen LogP) is -0.188. The lowest BCUT2D eigenvalue weighted by atomic mass is 11.9. The van der Waals surface area contributed by atoms with Crippen LogP contribution in [0.25, 0.3) is 0 Å². The molecule has 0 radical (unpaired) electrons. The number of hydrogen-bond donors (Lipinski definition) is 0. The topological polar surface area (TPSA) is 68.3 Å². The molecule has 0 heterocycles. The van der Waals surface area contributed by atoms with Crippen molar-refractivity contribution in [3.8, 4) is 0 Å². The van der Waals surface area contributed by atoms with Crippen LogP contribution in [0.4, 0.5) is 3.89 Å². The van der Waals surface area contributed by atoms with Gasteiger partial charge in [-0.25, -0.2) is 8.42 Å². The zero-order valence-corrected chi connectivity index (χ0v) is 6.30. The minimum Gasteiger partial charge on any atom is -0.211 e. The highest BCUT2D eigenvalue weighted by molar-refractivity contribution is 8.20. The van der Waals surface area contributed by atoms with Crippen LogP contribution in [0.5, 0.6) is 0 Å². The van der Waals surface area contributed by atoms with Crippen molar-refractivity contribution in [3.05, 3.63) is 0 Å². The summed E-state index contributed by atoms with van der Waals surface area (Å²) in [6.07, 6.45) is 0. The lowest BCUT2D eigenvalue weighted by Gasteiger charge is -1.85. The summed E-state index contributed by atoms with van der Waals surface area (Å²) in [6, 6.07) is 0. The third-order valence-corrected chi connectivity index (χ3v) is 3.34. The van der Waals surface area contributed by atoms with Crippen molar-refractivity contribution in [2.24, 2.45) is 0 Å². The van der Waals surface area contributed by atoms with Crippen LogP contribution < -0.4 is 0 Å². The third-order valence-electron chi connectivity index (χ3n) is 0.282. The minimum absolute atomic E-state index is 1.67. The minimum atomic E-state index is -5.00. The summed E-state index contributed by atoms with van der Waals surface area (Å²) in [7, 11) is -4.90. The maximum Gasteiger partial charge on any atom is 0.318 e. The maximum atomic E-state index is 11.4. The average Bonchev–Trinajstić information content (AvgIpc) is 1.14. The second kappa shape index (κ2) is 2.39. The molecule has 0 aromatic rings. The summed E-state index contributed by atoms with van der Waals surface area (Å²) in [5, 5.41) is -1.67. The first kappa shape index (κ1) is 9.12. The molecule has 8 heteroatoms. The van der Waals surface area contributed by atoms with Crippen LogP contribution in [0.15, 0.2) is 0 Å². The fraction of sp³-hybridized carbons (Fsp3) is 1.00. The normalized spacial score (nSPS) is 13.6. The van der Waals surface area contributed by atoms with E-state index in [0.717, 1.165) is 0 Å². The Morgan fingerprint density at radius 2 is 1.56 bits per heavy atom. The van der Waals surface area contributed by atoms with Crippen LogP contribution in [0.1, 0.15) is 0 Å². The first-order chi connectivity index (χ1) is 3.71. The van der Waals surface area contributed by atoms with Crippen molar-refractivity contribution in [2.75, 3.05) is 5.08 Å². The molecule has 0 aromatic heterocycles. The van der Waals surface area contributed by atoms with E-state index in [0.29, 0.717) is 0 Å². The summed E-state index contributed by atoms with van der Waals surface area (Å²) in [4.78, 5) is 0. The monoisotopic (exact) mass is 196 g/mol. The van der Waals surface area contributed by atoms with Crippen molar-refractivity contribution in [2.45, 2.75) is 0 Å². The van der Waals surface area contributed by atoms with E-state index in [9.17, 15) is 20.7 Å². The molecule has 0 atom stereocenters. The number of rotatable bonds is 2. The molecule has 56 valence electrons. The van der Waals surface area contributed by atoms with E-state index in [1.165, 1.54) is 0 Å². The van der Waals surface area contributed by atoms with Crippen LogP contribution in [-0.2, 0) is 19.3 Å². The predicted molar refractivity (Wildman–Crippen MR) is 29.7 cm³/mol. The fourth-order valence-corrected chi connectivity index (χ4v) is 2.47. The summed E-state index contributed by atoms with van der Waals surface area (Å²) in [6.45, 7) is 0. The Labute approximate surface area is 56.3 Å². The molecule has 0 aliphatic carbocycles. The van der Waals surface area contributed by atoms with Gasteiger partial charge >= 0.3 is 10.2 Å². The van der Waals surface area contributed by atoms with Gasteiger partial charge in [0.05, 0.1) is 0 Å². The van der Waals surface area contributed by atoms with E-state index in [2.05, 4.69) is 10.7 Å². The van der Waals surface area contributed by atoms with E-state index in [4.69, 9.17) is 0 Å². The van der Waals surface area contributed by atoms with Gasteiger partial charge in [0.15, 0.2) is 5.08 Å². The van der Waals surface area contributed by atoms with Crippen molar-refractivity contribution < 1.29 is 20.7 Å². The summed E-state index contributed by atoms with van der Waals surface area (Å²) in [5.74, 6) is 0. The largest absolute Gasteiger partial charge is 0.318 e. The van der Waals surface area contributed by atoms with Gasteiger partial charge in [-0.05, 0) is 0 Å². The Kier molecular flexibility index (Phi) is 2.42. The molecule has 0 rings (SSSR count). The van der Waals surface area contributed by atoms with Gasteiger partial charge in [0.25, 0.3) is 0 Å². The Hall–Kier alpha value is 0.120. The van der Waals surface area contributed by atoms with Crippen molar-refractivity contribution in [1.29, 1.82) is 0 Å². The van der Waals surface area contributed by atoms with Gasteiger partial charge in [-0.15, -0.1) is 3.89 Å². The third kappa shape index (κ3) is 8.12. The highest BCUT2D eigenvalue weighted by atomic mass is 35.7. The zero-order chi connectivity index (χ0) is 7.71. The van der Waals surface area contributed by atoms with Gasteiger partial charge in [0.2, 0.25) is 9.05 Å². The SMILES string of the molecule is O=S(=O)(F)CS(=O)(=O)Cl. The molecular formula is CH2ClFO4S2. The van der Waals surface area contributed by atoms with E-state index >= 15 is 0 Å². The molecule has 0 saturated heterocycles. The van der Waals surface area contributed by atoms with Gasteiger partial charge in [0.1, 0.15) is 0 Å². The van der Waals surface area contributed by atoms with Crippen molar-refractivity contribution in [1.82, 2.24) is 0 Å². The second-order valence-corrected chi connectivity index (χ2v) is 5.70. The van der Waals surface area contributed by atoms with Crippen LogP contribution in [-0.4, -0.2) is 21.9 Å². The fourth-order valence-electron chi connectivity index (χ4n) is 0.168. The first-order valence-corrected chi connectivity index (χ1v) is 5.58. The van der Waals surface area contributed by atoms with Gasteiger partial charge < -0.3 is 0 Å². The highest BCUT2D eigenvalue weighted by Crippen LogP contribution is 2.02. The quantitative estimate of drug-likeness (QED) is 0.575. The van der Waals surface area contributed by atoms with E-state index in [1.807, 2.05) is 0 Å². The van der Waals surface area contributed by atoms with Gasteiger partial charge in [-0.1, -0.05) is 0 Å². The average molecular weight is 197 g/mol. The standard InChI is InChI=1S/CH2ClFO4S2/c2-8(4,5)1-9(3,6)7/h1H2. The molecule has 0 N–H and O–H groups in total. The summed E-state index contributed by atoms with van der Waals surface area (Å²) < 4.78 is 50.0. The molecule has 0 bridgehead atoms. The summed E-state index contributed by atoms with van der Waals surface area (Å²) >= 11 is 0. The van der Waals surface area contributed by atoms with Gasteiger partial charge in [-0.3, -0.25) is 0 Å². The Morgan fingerprint density at radius 3 is 1.56 bits per heavy atom. The van der Waals surface area contributed by atoms with E-state index < -0.39 is 24.4 Å². The Balaban J connectivity index is 4.46. The molecule has 0 spiro atoms. The molecular weight excluding hydrogens is 195 g/mol. The maximum absolute atomic E-state index is 11.4. The first-order valence-electron chi connectivity index (χ1n) is 1.55. The second-order valence-electron chi connectivity index (χ2n) is 1.20. The molecule has 4 nitrogen and oxygen atoms in total. The molecule has 9 heavy (non-hydrogen) atoms. The van der Waals surface area contributed by atoms with Crippen LogP contribution in [0, 0.1) is 0 Å². The molecule has 0 fully saturated rings. The Bertz CT molecular complexity index is 244. The van der Waals surface area contributed by atoms with Crippen LogP contribution in [0.3, 0.4) is 0 Å². The Morgan fingerprint density at radius 1 is 1.22 bits per heavy atom. The van der Waals surface area contributed by atoms with E-state index in [-0.39, 0.29) is 0 Å². The molecule has 0 aromatic carbocycles.